The maximum atomic E-state index is 11.4. The Labute approximate surface area is 107 Å². The van der Waals surface area contributed by atoms with E-state index in [2.05, 4.69) is 0 Å². The van der Waals surface area contributed by atoms with Gasteiger partial charge in [0.25, 0.3) is 10.1 Å². The van der Waals surface area contributed by atoms with Crippen molar-refractivity contribution >= 4 is 10.1 Å². The zero-order valence-electron chi connectivity index (χ0n) is 10.3. The largest absolute Gasteiger partial charge is 0.393 e. The van der Waals surface area contributed by atoms with E-state index in [0.29, 0.717) is 12.0 Å². The third-order valence-electron chi connectivity index (χ3n) is 3.53. The number of aliphatic hydroxyl groups excluding tert-OH is 1. The van der Waals surface area contributed by atoms with Crippen molar-refractivity contribution < 1.29 is 18.1 Å². The topological polar surface area (TPSA) is 74.6 Å². The number of hydrogen-bond donors (Lipinski definition) is 2. The van der Waals surface area contributed by atoms with E-state index in [0.717, 1.165) is 24.8 Å². The van der Waals surface area contributed by atoms with Gasteiger partial charge in [-0.1, -0.05) is 24.1 Å². The summed E-state index contributed by atoms with van der Waals surface area (Å²) < 4.78 is 32.0. The van der Waals surface area contributed by atoms with Crippen LogP contribution in [0.25, 0.3) is 0 Å². The highest BCUT2D eigenvalue weighted by Crippen LogP contribution is 2.36. The van der Waals surface area contributed by atoms with E-state index < -0.39 is 10.1 Å². The summed E-state index contributed by atoms with van der Waals surface area (Å²) in [5, 5.41) is 9.69. The molecule has 0 radical (unpaired) electrons. The normalized spacial score (nSPS) is 25.1. The minimum Gasteiger partial charge on any atom is -0.393 e. The van der Waals surface area contributed by atoms with Crippen LogP contribution in [0.5, 0.6) is 0 Å². The Morgan fingerprint density at radius 3 is 2.61 bits per heavy atom. The van der Waals surface area contributed by atoms with E-state index in [9.17, 15) is 18.1 Å². The van der Waals surface area contributed by atoms with Crippen LogP contribution in [0.15, 0.2) is 23.1 Å². The fourth-order valence-corrected chi connectivity index (χ4v) is 3.43. The average molecular weight is 270 g/mol. The van der Waals surface area contributed by atoms with Crippen LogP contribution in [0.3, 0.4) is 0 Å². The van der Waals surface area contributed by atoms with Crippen LogP contribution in [-0.4, -0.2) is 24.2 Å². The van der Waals surface area contributed by atoms with Crippen molar-refractivity contribution in [1.82, 2.24) is 0 Å². The first-order chi connectivity index (χ1) is 8.38. The van der Waals surface area contributed by atoms with Crippen molar-refractivity contribution in [2.45, 2.75) is 49.5 Å². The van der Waals surface area contributed by atoms with E-state index in [1.807, 2.05) is 6.92 Å². The van der Waals surface area contributed by atoms with E-state index in [1.165, 1.54) is 6.07 Å². The predicted octanol–water partition coefficient (Wildman–Crippen LogP) is 2.26. The fourth-order valence-electron chi connectivity index (χ4n) is 2.67. The molecule has 5 heteroatoms. The van der Waals surface area contributed by atoms with Crippen LogP contribution in [-0.2, 0) is 10.1 Å². The van der Waals surface area contributed by atoms with Crippen molar-refractivity contribution in [3.05, 3.63) is 29.3 Å². The van der Waals surface area contributed by atoms with Crippen LogP contribution < -0.4 is 0 Å². The van der Waals surface area contributed by atoms with E-state index in [1.54, 1.807) is 12.1 Å². The molecule has 4 nitrogen and oxygen atoms in total. The molecule has 2 atom stereocenters. The third-order valence-corrected chi connectivity index (χ3v) is 4.46. The van der Waals surface area contributed by atoms with Crippen molar-refractivity contribution in [3.8, 4) is 0 Å². The van der Waals surface area contributed by atoms with Gasteiger partial charge in [-0.15, -0.1) is 0 Å². The van der Waals surface area contributed by atoms with Crippen LogP contribution in [0.4, 0.5) is 0 Å². The van der Waals surface area contributed by atoms with Crippen LogP contribution in [0, 0.1) is 6.92 Å². The Kier molecular flexibility index (Phi) is 3.75. The molecule has 2 unspecified atom stereocenters. The van der Waals surface area contributed by atoms with Gasteiger partial charge in [0.1, 0.15) is 0 Å². The van der Waals surface area contributed by atoms with Gasteiger partial charge in [0, 0.05) is 0 Å². The van der Waals surface area contributed by atoms with E-state index >= 15 is 0 Å². The summed E-state index contributed by atoms with van der Waals surface area (Å²) in [4.78, 5) is -0.0211. The molecule has 0 saturated heterocycles. The maximum Gasteiger partial charge on any atom is 0.294 e. The predicted molar refractivity (Wildman–Crippen MR) is 68.2 cm³/mol. The minimum absolute atomic E-state index is 0.00516. The summed E-state index contributed by atoms with van der Waals surface area (Å²) in [7, 11) is -4.20. The number of rotatable bonds is 2. The van der Waals surface area contributed by atoms with Crippen LogP contribution >= 0.6 is 0 Å². The standard InChI is InChI=1S/C13H18O4S/c1-9-5-6-13(18(15,16)17)12(7-9)10-3-2-4-11(14)8-10/h5-7,10-11,14H,2-4,8H2,1H3,(H,15,16,17). The maximum absolute atomic E-state index is 11.4. The van der Waals surface area contributed by atoms with Crippen molar-refractivity contribution in [3.63, 3.8) is 0 Å². The number of hydrogen-bond acceptors (Lipinski definition) is 3. The summed E-state index contributed by atoms with van der Waals surface area (Å²) in [5.41, 5.74) is 1.59. The Balaban J connectivity index is 2.45. The summed E-state index contributed by atoms with van der Waals surface area (Å²) in [6.07, 6.45) is 2.68. The lowest BCUT2D eigenvalue weighted by molar-refractivity contribution is 0.119. The summed E-state index contributed by atoms with van der Waals surface area (Å²) in [5.74, 6) is 0.00516. The Hall–Kier alpha value is -0.910. The zero-order valence-corrected chi connectivity index (χ0v) is 11.2. The van der Waals surface area contributed by atoms with Gasteiger partial charge in [0.05, 0.1) is 11.0 Å². The van der Waals surface area contributed by atoms with E-state index in [-0.39, 0.29) is 16.9 Å². The zero-order chi connectivity index (χ0) is 13.3. The lowest BCUT2D eigenvalue weighted by atomic mass is 9.82. The monoisotopic (exact) mass is 270 g/mol. The molecule has 2 N–H and O–H groups in total. The molecule has 1 aliphatic rings. The first-order valence-corrected chi connectivity index (χ1v) is 7.58. The summed E-state index contributed by atoms with van der Waals surface area (Å²) in [6.45, 7) is 1.89. The van der Waals surface area contributed by atoms with Gasteiger partial charge in [0.2, 0.25) is 0 Å². The molecule has 0 spiro atoms. The van der Waals surface area contributed by atoms with Gasteiger partial charge in [0.15, 0.2) is 0 Å². The molecule has 1 aliphatic carbocycles. The Morgan fingerprint density at radius 1 is 1.28 bits per heavy atom. The molecule has 1 saturated carbocycles. The SMILES string of the molecule is Cc1ccc(S(=O)(=O)O)c(C2CCCC(O)C2)c1. The van der Waals surface area contributed by atoms with Gasteiger partial charge in [-0.25, -0.2) is 0 Å². The quantitative estimate of drug-likeness (QED) is 0.808. The number of aryl methyl sites for hydroxylation is 1. The molecule has 1 aromatic rings. The van der Waals surface area contributed by atoms with Crippen molar-refractivity contribution in [1.29, 1.82) is 0 Å². The highest BCUT2D eigenvalue weighted by molar-refractivity contribution is 7.85. The molecular formula is C13H18O4S. The molecule has 0 amide bonds. The first kappa shape index (κ1) is 13.5. The molecule has 18 heavy (non-hydrogen) atoms. The fraction of sp³-hybridized carbons (Fsp3) is 0.538. The van der Waals surface area contributed by atoms with Gasteiger partial charge in [-0.05, 0) is 43.7 Å². The molecule has 2 rings (SSSR count). The molecule has 1 aromatic carbocycles. The highest BCUT2D eigenvalue weighted by Gasteiger charge is 2.26. The number of benzene rings is 1. The van der Waals surface area contributed by atoms with Gasteiger partial charge in [-0.2, -0.15) is 8.42 Å². The average Bonchev–Trinajstić information content (AvgIpc) is 2.27. The minimum atomic E-state index is -4.20. The molecule has 0 heterocycles. The molecule has 0 aromatic heterocycles. The Morgan fingerprint density at radius 2 is 2.00 bits per heavy atom. The lowest BCUT2D eigenvalue weighted by Crippen LogP contribution is -2.20. The Bertz CT molecular complexity index is 536. The molecule has 0 bridgehead atoms. The smallest absolute Gasteiger partial charge is 0.294 e. The molecular weight excluding hydrogens is 252 g/mol. The molecule has 100 valence electrons. The van der Waals surface area contributed by atoms with Gasteiger partial charge in [-0.3, -0.25) is 4.55 Å². The summed E-state index contributed by atoms with van der Waals surface area (Å²) in [6, 6.07) is 4.92. The van der Waals surface area contributed by atoms with Crippen molar-refractivity contribution in [2.24, 2.45) is 0 Å². The van der Waals surface area contributed by atoms with E-state index in [4.69, 9.17) is 0 Å². The van der Waals surface area contributed by atoms with Crippen LogP contribution in [0.2, 0.25) is 0 Å². The lowest BCUT2D eigenvalue weighted by Gasteiger charge is -2.27. The second kappa shape index (κ2) is 4.99. The van der Waals surface area contributed by atoms with Crippen LogP contribution in [0.1, 0.15) is 42.7 Å². The van der Waals surface area contributed by atoms with Crippen molar-refractivity contribution in [2.75, 3.05) is 0 Å². The number of aliphatic hydroxyl groups is 1. The third kappa shape index (κ3) is 2.91. The molecule has 0 aliphatic heterocycles. The first-order valence-electron chi connectivity index (χ1n) is 6.14. The second-order valence-corrected chi connectivity index (χ2v) is 6.42. The van der Waals surface area contributed by atoms with Gasteiger partial charge < -0.3 is 5.11 Å². The summed E-state index contributed by atoms with van der Waals surface area (Å²) >= 11 is 0. The second-order valence-electron chi connectivity index (χ2n) is 5.03. The van der Waals surface area contributed by atoms with Gasteiger partial charge >= 0.3 is 0 Å². The highest BCUT2D eigenvalue weighted by atomic mass is 32.2. The molecule has 1 fully saturated rings.